The summed E-state index contributed by atoms with van der Waals surface area (Å²) < 4.78 is 7.32. The van der Waals surface area contributed by atoms with Crippen molar-refractivity contribution < 1.29 is 14.3 Å². The summed E-state index contributed by atoms with van der Waals surface area (Å²) in [4.78, 5) is 31.4. The number of aromatic nitrogens is 4. The molecule has 0 radical (unpaired) electrons. The first-order valence-corrected chi connectivity index (χ1v) is 12.3. The van der Waals surface area contributed by atoms with Crippen molar-refractivity contribution in [2.24, 2.45) is 0 Å². The number of fused-ring (bicyclic) bond motifs is 3. The number of esters is 1. The number of Topliss-reactive ketones (excluding diaryl/α,β-unsaturated/α-hetero) is 1. The van der Waals surface area contributed by atoms with Gasteiger partial charge in [-0.25, -0.2) is 4.98 Å². The van der Waals surface area contributed by atoms with Crippen molar-refractivity contribution >= 4 is 34.3 Å². The zero-order chi connectivity index (χ0) is 25.6. The molecule has 0 bridgehead atoms. The fraction of sp³-hybridized carbons (Fsp3) is 0.577. The number of unbranched alkanes of at least 4 members (excludes halogenated alkanes) is 2. The predicted molar refractivity (Wildman–Crippen MR) is 138 cm³/mol. The Labute approximate surface area is 207 Å². The maximum absolute atomic E-state index is 12.7. The summed E-state index contributed by atoms with van der Waals surface area (Å²) in [6.07, 6.45) is 4.30. The third-order valence-electron chi connectivity index (χ3n) is 5.59. The van der Waals surface area contributed by atoms with Crippen molar-refractivity contribution in [1.82, 2.24) is 24.5 Å². The van der Waals surface area contributed by atoms with Crippen LogP contribution in [-0.2, 0) is 9.53 Å². The van der Waals surface area contributed by atoms with Crippen LogP contribution in [0.25, 0.3) is 16.7 Å². The molecule has 0 aliphatic carbocycles. The number of nitrogens with zero attached hydrogens (tertiary/aromatic N) is 5. The maximum atomic E-state index is 12.7. The highest BCUT2D eigenvalue weighted by atomic mass is 16.6. The summed E-state index contributed by atoms with van der Waals surface area (Å²) in [6, 6.07) is 5.64. The van der Waals surface area contributed by atoms with Crippen LogP contribution < -0.4 is 5.32 Å². The molecule has 3 rings (SSSR count). The summed E-state index contributed by atoms with van der Waals surface area (Å²) in [5, 5.41) is 11.9. The van der Waals surface area contributed by atoms with Gasteiger partial charge in [0.05, 0.1) is 11.0 Å². The van der Waals surface area contributed by atoms with E-state index in [1.54, 1.807) is 0 Å². The second-order valence-corrected chi connectivity index (χ2v) is 10.2. The smallest absolute Gasteiger partial charge is 0.306 e. The molecule has 2 aromatic heterocycles. The minimum absolute atomic E-state index is 0.121. The molecule has 0 amide bonds. The third-order valence-corrected chi connectivity index (χ3v) is 5.59. The average molecular weight is 483 g/mol. The highest BCUT2D eigenvalue weighted by molar-refractivity contribution is 5.99. The van der Waals surface area contributed by atoms with Crippen molar-refractivity contribution in [3.05, 3.63) is 29.6 Å². The van der Waals surface area contributed by atoms with E-state index in [0.717, 1.165) is 49.1 Å². The number of hydrogen-bond acceptors (Lipinski definition) is 8. The van der Waals surface area contributed by atoms with Crippen LogP contribution in [0, 0.1) is 6.92 Å². The number of aryl methyl sites for hydroxylation is 1. The lowest BCUT2D eigenvalue weighted by molar-refractivity contribution is -0.154. The molecule has 0 fully saturated rings. The number of ketones is 1. The molecule has 0 atom stereocenters. The zero-order valence-electron chi connectivity index (χ0n) is 21.8. The summed E-state index contributed by atoms with van der Waals surface area (Å²) in [5.41, 5.74) is 2.48. The minimum atomic E-state index is -0.446. The zero-order valence-corrected chi connectivity index (χ0v) is 21.8. The van der Waals surface area contributed by atoms with Gasteiger partial charge in [0, 0.05) is 24.9 Å². The van der Waals surface area contributed by atoms with Gasteiger partial charge in [0.2, 0.25) is 5.65 Å². The number of ether oxygens (including phenoxy) is 1. The van der Waals surface area contributed by atoms with E-state index < -0.39 is 5.60 Å². The van der Waals surface area contributed by atoms with E-state index >= 15 is 0 Å². The molecule has 0 saturated heterocycles. The van der Waals surface area contributed by atoms with E-state index in [2.05, 4.69) is 20.4 Å². The van der Waals surface area contributed by atoms with Gasteiger partial charge >= 0.3 is 5.97 Å². The van der Waals surface area contributed by atoms with E-state index in [4.69, 9.17) is 9.72 Å². The Morgan fingerprint density at radius 2 is 1.83 bits per heavy atom. The Balaban J connectivity index is 1.66. The molecule has 9 heteroatoms. The van der Waals surface area contributed by atoms with Crippen molar-refractivity contribution in [3.63, 3.8) is 0 Å². The lowest BCUT2D eigenvalue weighted by atomic mass is 10.1. The molecule has 0 spiro atoms. The van der Waals surface area contributed by atoms with Gasteiger partial charge in [-0.3, -0.25) is 14.0 Å². The van der Waals surface area contributed by atoms with Crippen LogP contribution in [0.2, 0.25) is 0 Å². The van der Waals surface area contributed by atoms with E-state index in [-0.39, 0.29) is 11.8 Å². The molecule has 0 saturated carbocycles. The molecule has 1 aromatic carbocycles. The van der Waals surface area contributed by atoms with E-state index in [1.807, 2.05) is 64.4 Å². The summed E-state index contributed by atoms with van der Waals surface area (Å²) in [7, 11) is 4.01. The Morgan fingerprint density at radius 1 is 1.06 bits per heavy atom. The molecule has 190 valence electrons. The Morgan fingerprint density at radius 3 is 2.54 bits per heavy atom. The van der Waals surface area contributed by atoms with E-state index in [1.165, 1.54) is 0 Å². The molecule has 3 aromatic rings. The van der Waals surface area contributed by atoms with Crippen molar-refractivity contribution in [1.29, 1.82) is 0 Å². The van der Waals surface area contributed by atoms with Crippen LogP contribution in [0.5, 0.6) is 0 Å². The molecule has 2 heterocycles. The standard InChI is InChI=1S/C26H38N6O3/c1-18-29-30-25-24(27-15-9-7-8-12-23(34)35-26(2,3)4)28-20-17-19(13-14-21(20)32(18)25)22(33)11-10-16-31(5)6/h13-14,17H,7-12,15-16H2,1-6H3,(H,27,28). The molecule has 1 N–H and O–H groups in total. The monoisotopic (exact) mass is 482 g/mol. The van der Waals surface area contributed by atoms with Crippen molar-refractivity contribution in [2.75, 3.05) is 32.5 Å². The Bertz CT molecular complexity index is 1180. The molecule has 35 heavy (non-hydrogen) atoms. The molecular weight excluding hydrogens is 444 g/mol. The van der Waals surface area contributed by atoms with Crippen LogP contribution >= 0.6 is 0 Å². The normalized spacial score (nSPS) is 12.0. The van der Waals surface area contributed by atoms with Gasteiger partial charge < -0.3 is 15.0 Å². The molecule has 9 nitrogen and oxygen atoms in total. The quantitative estimate of drug-likeness (QED) is 0.230. The summed E-state index contributed by atoms with van der Waals surface area (Å²) >= 11 is 0. The molecule has 0 aliphatic rings. The predicted octanol–water partition coefficient (Wildman–Crippen LogP) is 4.42. The number of anilines is 1. The van der Waals surface area contributed by atoms with Gasteiger partial charge in [-0.1, -0.05) is 6.42 Å². The SMILES string of the molecule is Cc1nnc2c(NCCCCCC(=O)OC(C)(C)C)nc3cc(C(=O)CCCN(C)C)ccc3n12. The Hall–Kier alpha value is -3.07. The van der Waals surface area contributed by atoms with Crippen LogP contribution in [0.15, 0.2) is 18.2 Å². The van der Waals surface area contributed by atoms with Crippen molar-refractivity contribution in [2.45, 2.75) is 71.8 Å². The van der Waals surface area contributed by atoms with E-state index in [9.17, 15) is 9.59 Å². The molecule has 0 aliphatic heterocycles. The largest absolute Gasteiger partial charge is 0.460 e. The number of carbonyl (C=O) groups excluding carboxylic acids is 2. The van der Waals surface area contributed by atoms with Gasteiger partial charge in [0.15, 0.2) is 11.6 Å². The minimum Gasteiger partial charge on any atom is -0.460 e. The number of nitrogens with one attached hydrogen (secondary N) is 1. The van der Waals surface area contributed by atoms with Gasteiger partial charge in [-0.2, -0.15) is 0 Å². The lowest BCUT2D eigenvalue weighted by Crippen LogP contribution is -2.23. The summed E-state index contributed by atoms with van der Waals surface area (Å²) in [5.74, 6) is 1.37. The van der Waals surface area contributed by atoms with E-state index in [0.29, 0.717) is 36.4 Å². The highest BCUT2D eigenvalue weighted by Crippen LogP contribution is 2.23. The summed E-state index contributed by atoms with van der Waals surface area (Å²) in [6.45, 7) is 9.11. The van der Waals surface area contributed by atoms with Gasteiger partial charge in [0.25, 0.3) is 0 Å². The molecular formula is C26H38N6O3. The van der Waals surface area contributed by atoms with Crippen molar-refractivity contribution in [3.8, 4) is 0 Å². The lowest BCUT2D eigenvalue weighted by Gasteiger charge is -2.19. The van der Waals surface area contributed by atoms with Gasteiger partial charge in [0.1, 0.15) is 11.4 Å². The fourth-order valence-electron chi connectivity index (χ4n) is 3.94. The highest BCUT2D eigenvalue weighted by Gasteiger charge is 2.16. The third kappa shape index (κ3) is 7.45. The number of rotatable bonds is 12. The first-order valence-electron chi connectivity index (χ1n) is 12.3. The Kier molecular flexibility index (Phi) is 8.77. The number of hydrogen-bond donors (Lipinski definition) is 1. The number of benzene rings is 1. The first kappa shape index (κ1) is 26.5. The van der Waals surface area contributed by atoms with Crippen LogP contribution in [0.3, 0.4) is 0 Å². The second-order valence-electron chi connectivity index (χ2n) is 10.2. The van der Waals surface area contributed by atoms with Crippen LogP contribution in [0.1, 0.15) is 75.5 Å². The van der Waals surface area contributed by atoms with Crippen LogP contribution in [0.4, 0.5) is 5.82 Å². The fourth-order valence-corrected chi connectivity index (χ4v) is 3.94. The first-order chi connectivity index (χ1) is 16.5. The average Bonchev–Trinajstić information content (AvgIpc) is 3.16. The molecule has 0 unspecified atom stereocenters. The van der Waals surface area contributed by atoms with Gasteiger partial charge in [-0.15, -0.1) is 10.2 Å². The van der Waals surface area contributed by atoms with Crippen LogP contribution in [-0.4, -0.2) is 69.0 Å². The van der Waals surface area contributed by atoms with Gasteiger partial charge in [-0.05, 0) is 85.8 Å². The number of carbonyl (C=O) groups is 2. The topological polar surface area (TPSA) is 102 Å². The maximum Gasteiger partial charge on any atom is 0.306 e. The second kappa shape index (κ2) is 11.6.